The summed E-state index contributed by atoms with van der Waals surface area (Å²) in [5.74, 6) is 0.559. The molecule has 1 fully saturated rings. The molecule has 116 valence electrons. The van der Waals surface area contributed by atoms with Gasteiger partial charge in [-0.15, -0.1) is 0 Å². The third-order valence-corrected chi connectivity index (χ3v) is 4.00. The number of ether oxygens (including phenoxy) is 1. The average molecular weight is 331 g/mol. The normalized spacial score (nSPS) is 21.9. The highest BCUT2D eigenvalue weighted by Crippen LogP contribution is 2.27. The first-order chi connectivity index (χ1) is 10.0. The third kappa shape index (κ3) is 5.38. The minimum atomic E-state index is 0.0131. The van der Waals surface area contributed by atoms with Crippen molar-refractivity contribution >= 4 is 29.1 Å². The minimum Gasteiger partial charge on any atom is -0.491 e. The number of benzene rings is 1. The van der Waals surface area contributed by atoms with Gasteiger partial charge in [0.25, 0.3) is 0 Å². The number of carbonyl (C=O) groups is 1. The summed E-state index contributed by atoms with van der Waals surface area (Å²) in [6.07, 6.45) is 2.26. The Hall–Kier alpha value is -0.970. The molecule has 2 N–H and O–H groups in total. The zero-order valence-electron chi connectivity index (χ0n) is 12.0. The van der Waals surface area contributed by atoms with Gasteiger partial charge in [-0.25, -0.2) is 0 Å². The van der Waals surface area contributed by atoms with Gasteiger partial charge >= 0.3 is 0 Å². The summed E-state index contributed by atoms with van der Waals surface area (Å²) >= 11 is 11.8. The first kappa shape index (κ1) is 16.4. The zero-order valence-corrected chi connectivity index (χ0v) is 13.5. The molecule has 1 aromatic rings. The van der Waals surface area contributed by atoms with Crippen LogP contribution in [0.25, 0.3) is 0 Å². The van der Waals surface area contributed by atoms with Crippen LogP contribution in [0.5, 0.6) is 5.75 Å². The summed E-state index contributed by atoms with van der Waals surface area (Å²) in [7, 11) is 0. The molecule has 21 heavy (non-hydrogen) atoms. The van der Waals surface area contributed by atoms with Crippen LogP contribution in [0.1, 0.15) is 26.2 Å². The lowest BCUT2D eigenvalue weighted by Crippen LogP contribution is -2.46. The standard InChI is InChI=1S/C15H20Cl2N2O2/c1-10-8-12(4-6-18-10)19-15(20)5-7-21-14-3-2-11(16)9-13(14)17/h2-3,9-10,12,18H,4-8H2,1H3,(H,19,20). The maximum atomic E-state index is 11.9. The Balaban J connectivity index is 1.71. The van der Waals surface area contributed by atoms with Crippen molar-refractivity contribution in [2.24, 2.45) is 0 Å². The molecule has 0 aromatic heterocycles. The van der Waals surface area contributed by atoms with Crippen molar-refractivity contribution in [3.05, 3.63) is 28.2 Å². The molecular weight excluding hydrogens is 311 g/mol. The van der Waals surface area contributed by atoms with Crippen LogP contribution in [0.2, 0.25) is 10.0 Å². The molecule has 0 radical (unpaired) electrons. The molecular formula is C15H20Cl2N2O2. The molecule has 0 saturated carbocycles. The Morgan fingerprint density at radius 2 is 2.29 bits per heavy atom. The number of rotatable bonds is 5. The molecule has 2 unspecified atom stereocenters. The first-order valence-corrected chi connectivity index (χ1v) is 7.91. The predicted octanol–water partition coefficient (Wildman–Crippen LogP) is 3.02. The Labute approximate surface area is 135 Å². The highest BCUT2D eigenvalue weighted by molar-refractivity contribution is 6.35. The summed E-state index contributed by atoms with van der Waals surface area (Å²) < 4.78 is 5.51. The maximum absolute atomic E-state index is 11.9. The lowest BCUT2D eigenvalue weighted by molar-refractivity contribution is -0.122. The number of halogens is 2. The highest BCUT2D eigenvalue weighted by atomic mass is 35.5. The van der Waals surface area contributed by atoms with Gasteiger partial charge in [-0.2, -0.15) is 0 Å². The number of nitrogens with one attached hydrogen (secondary N) is 2. The second-order valence-electron chi connectivity index (χ2n) is 5.32. The maximum Gasteiger partial charge on any atom is 0.223 e. The molecule has 1 aromatic carbocycles. The molecule has 2 atom stereocenters. The summed E-state index contributed by atoms with van der Waals surface area (Å²) in [6, 6.07) is 5.74. The Kier molecular flexibility index (Phi) is 6.15. The van der Waals surface area contributed by atoms with Gasteiger partial charge in [-0.3, -0.25) is 4.79 Å². The van der Waals surface area contributed by atoms with E-state index in [1.165, 1.54) is 0 Å². The van der Waals surface area contributed by atoms with Gasteiger partial charge in [-0.1, -0.05) is 23.2 Å². The smallest absolute Gasteiger partial charge is 0.223 e. The Morgan fingerprint density at radius 3 is 3.00 bits per heavy atom. The minimum absolute atomic E-state index is 0.0131. The van der Waals surface area contributed by atoms with E-state index in [4.69, 9.17) is 27.9 Å². The van der Waals surface area contributed by atoms with Crippen molar-refractivity contribution in [3.8, 4) is 5.75 Å². The number of piperidine rings is 1. The third-order valence-electron chi connectivity index (χ3n) is 3.47. The lowest BCUT2D eigenvalue weighted by Gasteiger charge is -2.28. The fourth-order valence-corrected chi connectivity index (χ4v) is 2.87. The van der Waals surface area contributed by atoms with Gasteiger partial charge in [-0.05, 0) is 44.5 Å². The fraction of sp³-hybridized carbons (Fsp3) is 0.533. The topological polar surface area (TPSA) is 50.4 Å². The van der Waals surface area contributed by atoms with Crippen molar-refractivity contribution in [2.45, 2.75) is 38.3 Å². The van der Waals surface area contributed by atoms with E-state index in [1.807, 2.05) is 0 Å². The highest BCUT2D eigenvalue weighted by Gasteiger charge is 2.19. The fourth-order valence-electron chi connectivity index (χ4n) is 2.41. The van der Waals surface area contributed by atoms with Crippen molar-refractivity contribution in [1.82, 2.24) is 10.6 Å². The summed E-state index contributed by atoms with van der Waals surface area (Å²) in [6.45, 7) is 3.38. The second-order valence-corrected chi connectivity index (χ2v) is 6.16. The molecule has 1 saturated heterocycles. The van der Waals surface area contributed by atoms with Crippen LogP contribution in [0.3, 0.4) is 0 Å². The number of amides is 1. The van der Waals surface area contributed by atoms with Crippen molar-refractivity contribution in [3.63, 3.8) is 0 Å². The summed E-state index contributed by atoms with van der Waals surface area (Å²) in [5.41, 5.74) is 0. The van der Waals surface area contributed by atoms with Gasteiger partial charge in [0, 0.05) is 17.1 Å². The first-order valence-electron chi connectivity index (χ1n) is 7.15. The molecule has 1 aliphatic rings. The van der Waals surface area contributed by atoms with E-state index >= 15 is 0 Å². The van der Waals surface area contributed by atoms with Crippen LogP contribution in [0, 0.1) is 0 Å². The van der Waals surface area contributed by atoms with Gasteiger partial charge in [0.1, 0.15) is 5.75 Å². The van der Waals surface area contributed by atoms with E-state index in [0.717, 1.165) is 19.4 Å². The second kappa shape index (κ2) is 7.87. The zero-order chi connectivity index (χ0) is 15.2. The molecule has 6 heteroatoms. The lowest BCUT2D eigenvalue weighted by atomic mass is 10.0. The number of hydrogen-bond donors (Lipinski definition) is 2. The quantitative estimate of drug-likeness (QED) is 0.872. The van der Waals surface area contributed by atoms with Gasteiger partial charge in [0.15, 0.2) is 0 Å². The SMILES string of the molecule is CC1CC(NC(=O)CCOc2ccc(Cl)cc2Cl)CCN1. The largest absolute Gasteiger partial charge is 0.491 e. The predicted molar refractivity (Wildman–Crippen MR) is 85.2 cm³/mol. The van der Waals surface area contributed by atoms with E-state index < -0.39 is 0 Å². The van der Waals surface area contributed by atoms with Gasteiger partial charge in [0.05, 0.1) is 18.1 Å². The van der Waals surface area contributed by atoms with E-state index in [1.54, 1.807) is 18.2 Å². The molecule has 0 bridgehead atoms. The van der Waals surface area contributed by atoms with E-state index in [9.17, 15) is 4.79 Å². The van der Waals surface area contributed by atoms with E-state index in [-0.39, 0.29) is 11.9 Å². The Bertz CT molecular complexity index is 497. The molecule has 1 amide bonds. The Morgan fingerprint density at radius 1 is 1.48 bits per heavy atom. The van der Waals surface area contributed by atoms with Crippen LogP contribution in [-0.4, -0.2) is 31.1 Å². The average Bonchev–Trinajstić information content (AvgIpc) is 2.41. The van der Waals surface area contributed by atoms with Crippen LogP contribution in [0.15, 0.2) is 18.2 Å². The van der Waals surface area contributed by atoms with E-state index in [2.05, 4.69) is 17.6 Å². The molecule has 1 heterocycles. The summed E-state index contributed by atoms with van der Waals surface area (Å²) in [5, 5.41) is 7.42. The van der Waals surface area contributed by atoms with E-state index in [0.29, 0.717) is 34.9 Å². The van der Waals surface area contributed by atoms with Gasteiger partial charge in [0.2, 0.25) is 5.91 Å². The van der Waals surface area contributed by atoms with Crippen LogP contribution in [-0.2, 0) is 4.79 Å². The van der Waals surface area contributed by atoms with Crippen molar-refractivity contribution in [2.75, 3.05) is 13.2 Å². The monoisotopic (exact) mass is 330 g/mol. The van der Waals surface area contributed by atoms with Crippen LogP contribution < -0.4 is 15.4 Å². The molecule has 0 aliphatic carbocycles. The molecule has 2 rings (SSSR count). The van der Waals surface area contributed by atoms with Gasteiger partial charge < -0.3 is 15.4 Å². The molecule has 0 spiro atoms. The number of hydrogen-bond acceptors (Lipinski definition) is 3. The summed E-state index contributed by atoms with van der Waals surface area (Å²) in [4.78, 5) is 11.9. The van der Waals surface area contributed by atoms with Crippen LogP contribution in [0.4, 0.5) is 0 Å². The number of carbonyl (C=O) groups excluding carboxylic acids is 1. The molecule has 4 nitrogen and oxygen atoms in total. The van der Waals surface area contributed by atoms with Crippen molar-refractivity contribution < 1.29 is 9.53 Å². The molecule has 1 aliphatic heterocycles. The van der Waals surface area contributed by atoms with Crippen molar-refractivity contribution in [1.29, 1.82) is 0 Å². The van der Waals surface area contributed by atoms with Crippen LogP contribution >= 0.6 is 23.2 Å².